The molecular weight excluding hydrogens is 230 g/mol. The summed E-state index contributed by atoms with van der Waals surface area (Å²) in [6, 6.07) is 8.12. The minimum Gasteiger partial charge on any atom is -0.382 e. The highest BCUT2D eigenvalue weighted by atomic mass is 32.1. The van der Waals surface area contributed by atoms with Gasteiger partial charge in [-0.05, 0) is 34.5 Å². The molecule has 0 aliphatic heterocycles. The van der Waals surface area contributed by atoms with Crippen LogP contribution in [0.1, 0.15) is 11.3 Å². The highest BCUT2D eigenvalue weighted by Gasteiger charge is 2.03. The summed E-state index contributed by atoms with van der Waals surface area (Å²) in [4.78, 5) is 8.63. The number of hydrogen-bond donors (Lipinski definition) is 1. The summed E-state index contributed by atoms with van der Waals surface area (Å²) in [5, 5.41) is 5.25. The molecule has 2 N–H and O–H groups in total. The molecule has 3 aromatic rings. The number of fused-ring (bicyclic) bond motifs is 1. The molecule has 0 aromatic carbocycles. The molecule has 0 aliphatic rings. The lowest BCUT2D eigenvalue weighted by Crippen LogP contribution is -1.96. The van der Waals surface area contributed by atoms with Crippen molar-refractivity contribution in [3.63, 3.8) is 0 Å². The zero-order chi connectivity index (χ0) is 11.7. The number of thiophene rings is 1. The molecule has 3 nitrogen and oxygen atoms in total. The molecule has 0 radical (unpaired) electrons. The van der Waals surface area contributed by atoms with Crippen LogP contribution in [0.5, 0.6) is 0 Å². The highest BCUT2D eigenvalue weighted by molar-refractivity contribution is 7.07. The molecular formula is C13H11N3S. The third-order valence-corrected chi connectivity index (χ3v) is 3.39. The van der Waals surface area contributed by atoms with E-state index in [1.54, 1.807) is 17.5 Å². The number of pyridine rings is 2. The summed E-state index contributed by atoms with van der Waals surface area (Å²) >= 11 is 1.70. The number of nitrogens with two attached hydrogens (primary N) is 1. The van der Waals surface area contributed by atoms with Crippen LogP contribution in [0.25, 0.3) is 10.9 Å². The van der Waals surface area contributed by atoms with Gasteiger partial charge in [0, 0.05) is 23.7 Å². The summed E-state index contributed by atoms with van der Waals surface area (Å²) in [6.07, 6.45) is 2.55. The first kappa shape index (κ1) is 10.2. The quantitative estimate of drug-likeness (QED) is 0.750. The standard InChI is InChI=1S/C13H11N3S/c14-13-12-10(3-5-15-13)1-2-11(16-12)7-9-4-6-17-8-9/h1-6,8H,7H2,(H2,14,15). The fourth-order valence-corrected chi connectivity index (χ4v) is 2.48. The normalized spacial score (nSPS) is 10.8. The monoisotopic (exact) mass is 241 g/mol. The molecule has 0 spiro atoms. The van der Waals surface area contributed by atoms with Gasteiger partial charge in [-0.3, -0.25) is 0 Å². The lowest BCUT2D eigenvalue weighted by atomic mass is 10.1. The first-order valence-electron chi connectivity index (χ1n) is 5.34. The Bertz CT molecular complexity index is 647. The summed E-state index contributed by atoms with van der Waals surface area (Å²) < 4.78 is 0. The molecule has 0 amide bonds. The molecule has 0 saturated heterocycles. The molecule has 17 heavy (non-hydrogen) atoms. The number of rotatable bonds is 2. The van der Waals surface area contributed by atoms with E-state index in [1.165, 1.54) is 5.56 Å². The molecule has 0 aliphatic carbocycles. The van der Waals surface area contributed by atoms with E-state index in [0.29, 0.717) is 5.82 Å². The van der Waals surface area contributed by atoms with Crippen molar-refractivity contribution in [1.29, 1.82) is 0 Å². The van der Waals surface area contributed by atoms with Crippen molar-refractivity contribution in [2.24, 2.45) is 0 Å². The molecule has 0 saturated carbocycles. The van der Waals surface area contributed by atoms with Crippen molar-refractivity contribution in [2.45, 2.75) is 6.42 Å². The Morgan fingerprint density at radius 1 is 1.18 bits per heavy atom. The summed E-state index contributed by atoms with van der Waals surface area (Å²) in [6.45, 7) is 0. The van der Waals surface area contributed by atoms with Gasteiger partial charge in [0.05, 0.1) is 0 Å². The Hall–Kier alpha value is -1.94. The van der Waals surface area contributed by atoms with Gasteiger partial charge in [0.15, 0.2) is 0 Å². The van der Waals surface area contributed by atoms with Crippen LogP contribution in [0.2, 0.25) is 0 Å². The first-order valence-corrected chi connectivity index (χ1v) is 6.28. The van der Waals surface area contributed by atoms with E-state index in [2.05, 4.69) is 26.8 Å². The van der Waals surface area contributed by atoms with Gasteiger partial charge < -0.3 is 5.73 Å². The third kappa shape index (κ3) is 1.99. The molecule has 3 rings (SSSR count). The second-order valence-corrected chi connectivity index (χ2v) is 4.66. The van der Waals surface area contributed by atoms with Crippen molar-refractivity contribution in [3.8, 4) is 0 Å². The van der Waals surface area contributed by atoms with Gasteiger partial charge in [-0.2, -0.15) is 11.3 Å². The van der Waals surface area contributed by atoms with Crippen LogP contribution in [0, 0.1) is 0 Å². The maximum Gasteiger partial charge on any atom is 0.149 e. The summed E-state index contributed by atoms with van der Waals surface area (Å²) in [5.74, 6) is 0.495. The van der Waals surface area contributed by atoms with Gasteiger partial charge in [0.25, 0.3) is 0 Å². The molecule has 0 atom stereocenters. The Labute approximate surface area is 103 Å². The van der Waals surface area contributed by atoms with E-state index in [4.69, 9.17) is 5.73 Å². The van der Waals surface area contributed by atoms with E-state index < -0.39 is 0 Å². The first-order chi connectivity index (χ1) is 8.33. The van der Waals surface area contributed by atoms with Crippen molar-refractivity contribution in [1.82, 2.24) is 9.97 Å². The number of nitrogens with zero attached hydrogens (tertiary/aromatic N) is 2. The van der Waals surface area contributed by atoms with Crippen LogP contribution in [0.3, 0.4) is 0 Å². The van der Waals surface area contributed by atoms with E-state index in [0.717, 1.165) is 23.0 Å². The Morgan fingerprint density at radius 3 is 2.94 bits per heavy atom. The van der Waals surface area contributed by atoms with Crippen LogP contribution in [0.4, 0.5) is 5.82 Å². The highest BCUT2D eigenvalue weighted by Crippen LogP contribution is 2.18. The number of hydrogen-bond acceptors (Lipinski definition) is 4. The van der Waals surface area contributed by atoms with Gasteiger partial charge in [0.2, 0.25) is 0 Å². The predicted octanol–water partition coefficient (Wildman–Crippen LogP) is 2.86. The van der Waals surface area contributed by atoms with E-state index >= 15 is 0 Å². The molecule has 3 heterocycles. The minimum absolute atomic E-state index is 0.495. The van der Waals surface area contributed by atoms with Gasteiger partial charge >= 0.3 is 0 Å². The molecule has 0 fully saturated rings. The fourth-order valence-electron chi connectivity index (χ4n) is 1.81. The summed E-state index contributed by atoms with van der Waals surface area (Å²) in [5.41, 5.74) is 8.92. The van der Waals surface area contributed by atoms with Crippen LogP contribution in [-0.4, -0.2) is 9.97 Å². The van der Waals surface area contributed by atoms with Crippen molar-refractivity contribution in [2.75, 3.05) is 5.73 Å². The Balaban J connectivity index is 2.04. The largest absolute Gasteiger partial charge is 0.382 e. The van der Waals surface area contributed by atoms with E-state index in [1.807, 2.05) is 18.2 Å². The van der Waals surface area contributed by atoms with Gasteiger partial charge in [0.1, 0.15) is 11.3 Å². The maximum absolute atomic E-state index is 5.83. The molecule has 0 bridgehead atoms. The number of nitrogen functional groups attached to an aromatic ring is 1. The van der Waals surface area contributed by atoms with Crippen LogP contribution in [0.15, 0.2) is 41.2 Å². The third-order valence-electron chi connectivity index (χ3n) is 2.66. The summed E-state index contributed by atoms with van der Waals surface area (Å²) in [7, 11) is 0. The lowest BCUT2D eigenvalue weighted by Gasteiger charge is -2.03. The number of aromatic nitrogens is 2. The maximum atomic E-state index is 5.83. The van der Waals surface area contributed by atoms with Crippen molar-refractivity contribution >= 4 is 28.1 Å². The van der Waals surface area contributed by atoms with Gasteiger partial charge in [-0.15, -0.1) is 0 Å². The lowest BCUT2D eigenvalue weighted by molar-refractivity contribution is 1.10. The fraction of sp³-hybridized carbons (Fsp3) is 0.0769. The Kier molecular flexibility index (Phi) is 2.49. The minimum atomic E-state index is 0.495. The van der Waals surface area contributed by atoms with Crippen molar-refractivity contribution < 1.29 is 0 Å². The zero-order valence-electron chi connectivity index (χ0n) is 9.13. The van der Waals surface area contributed by atoms with Crippen molar-refractivity contribution in [3.05, 3.63) is 52.5 Å². The van der Waals surface area contributed by atoms with E-state index in [9.17, 15) is 0 Å². The molecule has 84 valence electrons. The second kappa shape index (κ2) is 4.14. The van der Waals surface area contributed by atoms with Gasteiger partial charge in [-0.1, -0.05) is 6.07 Å². The molecule has 0 unspecified atom stereocenters. The van der Waals surface area contributed by atoms with Crippen LogP contribution < -0.4 is 5.73 Å². The average Bonchev–Trinajstić information content (AvgIpc) is 2.83. The SMILES string of the molecule is Nc1nccc2ccc(Cc3ccsc3)nc12. The average molecular weight is 241 g/mol. The smallest absolute Gasteiger partial charge is 0.149 e. The molecule has 4 heteroatoms. The number of anilines is 1. The van der Waals surface area contributed by atoms with Crippen LogP contribution in [-0.2, 0) is 6.42 Å². The van der Waals surface area contributed by atoms with E-state index in [-0.39, 0.29) is 0 Å². The van der Waals surface area contributed by atoms with Crippen LogP contribution >= 0.6 is 11.3 Å². The zero-order valence-corrected chi connectivity index (χ0v) is 9.95. The topological polar surface area (TPSA) is 51.8 Å². The molecule has 3 aromatic heterocycles. The van der Waals surface area contributed by atoms with Gasteiger partial charge in [-0.25, -0.2) is 9.97 Å². The Morgan fingerprint density at radius 2 is 2.12 bits per heavy atom. The predicted molar refractivity (Wildman–Crippen MR) is 71.1 cm³/mol. The second-order valence-electron chi connectivity index (χ2n) is 3.88.